The van der Waals surface area contributed by atoms with E-state index in [1.54, 1.807) is 0 Å². The van der Waals surface area contributed by atoms with Gasteiger partial charge in [-0.2, -0.15) is 5.26 Å². The molecule has 0 unspecified atom stereocenters. The van der Waals surface area contributed by atoms with Crippen LogP contribution in [0.25, 0.3) is 0 Å². The van der Waals surface area contributed by atoms with Crippen molar-refractivity contribution in [3.63, 3.8) is 0 Å². The first-order chi connectivity index (χ1) is 13.3. The number of likely N-dealkylation sites (tertiary alicyclic amines) is 1. The molecule has 2 saturated heterocycles. The molecule has 2 fully saturated rings. The van der Waals surface area contributed by atoms with Gasteiger partial charge in [0.05, 0.1) is 18.2 Å². The largest absolute Gasteiger partial charge is 0.459 e. The van der Waals surface area contributed by atoms with Gasteiger partial charge < -0.3 is 9.64 Å². The van der Waals surface area contributed by atoms with Gasteiger partial charge >= 0.3 is 5.97 Å². The summed E-state index contributed by atoms with van der Waals surface area (Å²) in [6.45, 7) is 10.4. The number of piperidine rings is 2. The smallest absolute Gasteiger partial charge is 0.320 e. The fraction of sp³-hybridized carbons (Fsp3) is 0.652. The zero-order chi connectivity index (χ0) is 20.1. The minimum atomic E-state index is -0.404. The molecular weight excluding hydrogens is 350 g/mol. The van der Waals surface area contributed by atoms with Crippen molar-refractivity contribution in [3.05, 3.63) is 29.8 Å². The molecule has 1 aromatic carbocycles. The van der Waals surface area contributed by atoms with Crippen LogP contribution in [0.3, 0.4) is 0 Å². The third kappa shape index (κ3) is 5.72. The molecule has 28 heavy (non-hydrogen) atoms. The lowest BCUT2D eigenvalue weighted by Gasteiger charge is -2.40. The Kier molecular flexibility index (Phi) is 6.61. The maximum atomic E-state index is 12.0. The normalized spacial score (nSPS) is 20.0. The average molecular weight is 384 g/mol. The summed E-state index contributed by atoms with van der Waals surface area (Å²) in [5.74, 6) is 1.46. The Morgan fingerprint density at radius 2 is 1.57 bits per heavy atom. The monoisotopic (exact) mass is 383 g/mol. The quantitative estimate of drug-likeness (QED) is 0.740. The number of ether oxygens (including phenoxy) is 1. The van der Waals surface area contributed by atoms with Crippen LogP contribution in [0.15, 0.2) is 24.3 Å². The highest BCUT2D eigenvalue weighted by atomic mass is 16.6. The molecule has 0 spiro atoms. The highest BCUT2D eigenvalue weighted by Gasteiger charge is 2.30. The molecular formula is C23H33N3O2. The van der Waals surface area contributed by atoms with E-state index in [-0.39, 0.29) is 5.97 Å². The summed E-state index contributed by atoms with van der Waals surface area (Å²) < 4.78 is 5.45. The van der Waals surface area contributed by atoms with E-state index in [1.165, 1.54) is 31.4 Å². The van der Waals surface area contributed by atoms with Gasteiger partial charge in [-0.25, -0.2) is 0 Å². The highest BCUT2D eigenvalue weighted by Crippen LogP contribution is 2.34. The van der Waals surface area contributed by atoms with Crippen molar-refractivity contribution < 1.29 is 9.53 Å². The van der Waals surface area contributed by atoms with E-state index < -0.39 is 5.60 Å². The van der Waals surface area contributed by atoms with Gasteiger partial charge in [-0.15, -0.1) is 0 Å². The van der Waals surface area contributed by atoms with Crippen molar-refractivity contribution in [2.75, 3.05) is 37.6 Å². The number of nitriles is 1. The van der Waals surface area contributed by atoms with E-state index in [9.17, 15) is 4.79 Å². The molecule has 2 aliphatic rings. The van der Waals surface area contributed by atoms with Gasteiger partial charge in [-0.1, -0.05) is 0 Å². The van der Waals surface area contributed by atoms with Gasteiger partial charge in [0.25, 0.3) is 0 Å². The molecule has 5 heteroatoms. The maximum Gasteiger partial charge on any atom is 0.320 e. The molecule has 0 bridgehead atoms. The molecule has 0 N–H and O–H groups in total. The molecule has 1 aromatic rings. The fourth-order valence-corrected chi connectivity index (χ4v) is 4.51. The van der Waals surface area contributed by atoms with Gasteiger partial charge in [0.15, 0.2) is 0 Å². The number of hydrogen-bond donors (Lipinski definition) is 0. The Balaban J connectivity index is 1.41. The van der Waals surface area contributed by atoms with Gasteiger partial charge in [0.2, 0.25) is 0 Å². The molecule has 3 rings (SSSR count). The summed E-state index contributed by atoms with van der Waals surface area (Å²) >= 11 is 0. The van der Waals surface area contributed by atoms with Crippen molar-refractivity contribution >= 4 is 11.7 Å². The van der Waals surface area contributed by atoms with Crippen LogP contribution in [0.4, 0.5) is 5.69 Å². The van der Waals surface area contributed by atoms with E-state index in [0.717, 1.165) is 43.6 Å². The van der Waals surface area contributed by atoms with Crippen LogP contribution >= 0.6 is 0 Å². The minimum Gasteiger partial charge on any atom is -0.459 e. The third-order valence-electron chi connectivity index (χ3n) is 5.97. The SMILES string of the molecule is CC(C)(C)OC(=O)CN1CCC(C2CCN(c3ccc(C#N)cc3)CC2)CC1. The lowest BCUT2D eigenvalue weighted by atomic mass is 9.78. The Morgan fingerprint density at radius 1 is 1.04 bits per heavy atom. The third-order valence-corrected chi connectivity index (χ3v) is 5.97. The average Bonchev–Trinajstić information content (AvgIpc) is 2.67. The molecule has 0 aliphatic carbocycles. The number of carbonyl (C=O) groups excluding carboxylic acids is 1. The lowest BCUT2D eigenvalue weighted by Crippen LogP contribution is -2.43. The lowest BCUT2D eigenvalue weighted by molar-refractivity contribution is -0.156. The van der Waals surface area contributed by atoms with E-state index >= 15 is 0 Å². The second-order valence-electron chi connectivity index (χ2n) is 9.18. The summed E-state index contributed by atoms with van der Waals surface area (Å²) in [5, 5.41) is 8.94. The molecule has 5 nitrogen and oxygen atoms in total. The summed E-state index contributed by atoms with van der Waals surface area (Å²) in [6, 6.07) is 10.1. The van der Waals surface area contributed by atoms with E-state index in [0.29, 0.717) is 6.54 Å². The fourth-order valence-electron chi connectivity index (χ4n) is 4.51. The van der Waals surface area contributed by atoms with Gasteiger partial charge in [-0.3, -0.25) is 9.69 Å². The summed E-state index contributed by atoms with van der Waals surface area (Å²) in [5.41, 5.74) is 1.54. The van der Waals surface area contributed by atoms with Crippen LogP contribution in [-0.2, 0) is 9.53 Å². The molecule has 2 aliphatic heterocycles. The number of carbonyl (C=O) groups is 1. The van der Waals surface area contributed by atoms with Gasteiger partial charge in [0, 0.05) is 18.8 Å². The minimum absolute atomic E-state index is 0.110. The number of benzene rings is 1. The second kappa shape index (κ2) is 8.96. The Labute approximate surface area is 169 Å². The zero-order valence-electron chi connectivity index (χ0n) is 17.5. The molecule has 0 saturated carbocycles. The van der Waals surface area contributed by atoms with Crippen molar-refractivity contribution in [3.8, 4) is 6.07 Å². The first kappa shape index (κ1) is 20.7. The van der Waals surface area contributed by atoms with E-state index in [4.69, 9.17) is 10.00 Å². The maximum absolute atomic E-state index is 12.0. The molecule has 0 atom stereocenters. The van der Waals surface area contributed by atoms with Crippen molar-refractivity contribution in [2.24, 2.45) is 11.8 Å². The standard InChI is InChI=1S/C23H33N3O2/c1-23(2,3)28-22(27)17-25-12-8-19(9-13-25)20-10-14-26(15-11-20)21-6-4-18(16-24)5-7-21/h4-7,19-20H,8-15,17H2,1-3H3. The Morgan fingerprint density at radius 3 is 2.07 bits per heavy atom. The Bertz CT molecular complexity index is 686. The van der Waals surface area contributed by atoms with Gasteiger partial charge in [0.1, 0.15) is 5.60 Å². The summed E-state index contributed by atoms with van der Waals surface area (Å²) in [4.78, 5) is 16.7. The zero-order valence-corrected chi connectivity index (χ0v) is 17.5. The molecule has 2 heterocycles. The van der Waals surface area contributed by atoms with Crippen LogP contribution in [0, 0.1) is 23.2 Å². The van der Waals surface area contributed by atoms with Gasteiger partial charge in [-0.05, 0) is 95.6 Å². The van der Waals surface area contributed by atoms with Crippen molar-refractivity contribution in [1.29, 1.82) is 5.26 Å². The molecule has 0 aromatic heterocycles. The van der Waals surface area contributed by atoms with E-state index in [1.807, 2.05) is 32.9 Å². The Hall–Kier alpha value is -2.06. The highest BCUT2D eigenvalue weighted by molar-refractivity contribution is 5.72. The van der Waals surface area contributed by atoms with Crippen molar-refractivity contribution in [2.45, 2.75) is 52.1 Å². The van der Waals surface area contributed by atoms with Crippen LogP contribution in [0.1, 0.15) is 52.0 Å². The summed E-state index contributed by atoms with van der Waals surface area (Å²) in [7, 11) is 0. The molecule has 0 radical (unpaired) electrons. The number of anilines is 1. The number of esters is 1. The predicted octanol–water partition coefficient (Wildman–Crippen LogP) is 3.83. The topological polar surface area (TPSA) is 56.6 Å². The van der Waals surface area contributed by atoms with Crippen LogP contribution < -0.4 is 4.90 Å². The first-order valence-electron chi connectivity index (χ1n) is 10.5. The number of rotatable bonds is 4. The molecule has 152 valence electrons. The number of hydrogen-bond acceptors (Lipinski definition) is 5. The summed E-state index contributed by atoms with van der Waals surface area (Å²) in [6.07, 6.45) is 4.84. The van der Waals surface area contributed by atoms with E-state index in [2.05, 4.69) is 28.0 Å². The first-order valence-corrected chi connectivity index (χ1v) is 10.5. The predicted molar refractivity (Wildman–Crippen MR) is 111 cm³/mol. The second-order valence-corrected chi connectivity index (χ2v) is 9.18. The van der Waals surface area contributed by atoms with Crippen LogP contribution in [0.5, 0.6) is 0 Å². The van der Waals surface area contributed by atoms with Crippen LogP contribution in [-0.4, -0.2) is 49.2 Å². The molecule has 0 amide bonds. The van der Waals surface area contributed by atoms with Crippen LogP contribution in [0.2, 0.25) is 0 Å². The van der Waals surface area contributed by atoms with Crippen molar-refractivity contribution in [1.82, 2.24) is 4.90 Å². The number of nitrogens with zero attached hydrogens (tertiary/aromatic N) is 3.